The fourth-order valence-corrected chi connectivity index (χ4v) is 3.75. The highest BCUT2D eigenvalue weighted by Gasteiger charge is 2.32. The second kappa shape index (κ2) is 7.47. The SMILES string of the molecule is O=C(CNCCNC1(CO)CCCC1)N1CCSC1. The Bertz CT molecular complexity index is 290. The van der Waals surface area contributed by atoms with Gasteiger partial charge in [0.1, 0.15) is 0 Å². The first-order valence-electron chi connectivity index (χ1n) is 7.18. The molecule has 1 amide bonds. The quantitative estimate of drug-likeness (QED) is 0.576. The maximum Gasteiger partial charge on any atom is 0.237 e. The van der Waals surface area contributed by atoms with Crippen LogP contribution >= 0.6 is 11.8 Å². The standard InChI is InChI=1S/C13H25N3O2S/c17-10-13(3-1-2-4-13)15-6-5-14-9-12(18)16-7-8-19-11-16/h14-15,17H,1-11H2. The molecule has 1 aliphatic heterocycles. The topological polar surface area (TPSA) is 64.6 Å². The number of carbonyl (C=O) groups is 1. The van der Waals surface area contributed by atoms with Crippen molar-refractivity contribution in [3.63, 3.8) is 0 Å². The first kappa shape index (κ1) is 15.1. The van der Waals surface area contributed by atoms with E-state index in [1.807, 2.05) is 16.7 Å². The van der Waals surface area contributed by atoms with Crippen molar-refractivity contribution in [1.29, 1.82) is 0 Å². The third kappa shape index (κ3) is 4.34. The molecule has 0 atom stereocenters. The van der Waals surface area contributed by atoms with Crippen LogP contribution in [-0.4, -0.2) is 65.9 Å². The zero-order valence-corrected chi connectivity index (χ0v) is 12.3. The van der Waals surface area contributed by atoms with Crippen molar-refractivity contribution in [2.24, 2.45) is 0 Å². The lowest BCUT2D eigenvalue weighted by atomic mass is 9.99. The molecule has 0 aromatic carbocycles. The van der Waals surface area contributed by atoms with E-state index < -0.39 is 0 Å². The van der Waals surface area contributed by atoms with Crippen LogP contribution in [0.3, 0.4) is 0 Å². The Balaban J connectivity index is 1.55. The highest BCUT2D eigenvalue weighted by molar-refractivity contribution is 7.99. The van der Waals surface area contributed by atoms with E-state index in [0.717, 1.165) is 44.1 Å². The maximum atomic E-state index is 11.8. The molecular formula is C13H25N3O2S. The molecule has 110 valence electrons. The van der Waals surface area contributed by atoms with Gasteiger partial charge in [-0.3, -0.25) is 4.79 Å². The summed E-state index contributed by atoms with van der Waals surface area (Å²) in [5.41, 5.74) is -0.0583. The van der Waals surface area contributed by atoms with Gasteiger partial charge in [-0.25, -0.2) is 0 Å². The highest BCUT2D eigenvalue weighted by atomic mass is 32.2. The van der Waals surface area contributed by atoms with Crippen LogP contribution in [0.4, 0.5) is 0 Å². The highest BCUT2D eigenvalue weighted by Crippen LogP contribution is 2.28. The van der Waals surface area contributed by atoms with Crippen molar-refractivity contribution < 1.29 is 9.90 Å². The van der Waals surface area contributed by atoms with E-state index in [1.165, 1.54) is 12.8 Å². The van der Waals surface area contributed by atoms with Crippen LogP contribution < -0.4 is 10.6 Å². The van der Waals surface area contributed by atoms with Gasteiger partial charge in [0.05, 0.1) is 19.0 Å². The van der Waals surface area contributed by atoms with Crippen LogP contribution in [0.25, 0.3) is 0 Å². The average Bonchev–Trinajstić information content (AvgIpc) is 3.10. The zero-order valence-electron chi connectivity index (χ0n) is 11.5. The van der Waals surface area contributed by atoms with Gasteiger partial charge in [0, 0.05) is 30.9 Å². The lowest BCUT2D eigenvalue weighted by Crippen LogP contribution is -2.49. The largest absolute Gasteiger partial charge is 0.394 e. The number of rotatable bonds is 7. The summed E-state index contributed by atoms with van der Waals surface area (Å²) in [7, 11) is 0. The monoisotopic (exact) mass is 287 g/mol. The van der Waals surface area contributed by atoms with Crippen LogP contribution in [0.1, 0.15) is 25.7 Å². The Morgan fingerprint density at radius 3 is 2.74 bits per heavy atom. The maximum absolute atomic E-state index is 11.8. The van der Waals surface area contributed by atoms with Gasteiger partial charge in [-0.05, 0) is 12.8 Å². The fraction of sp³-hybridized carbons (Fsp3) is 0.923. The first-order chi connectivity index (χ1) is 9.26. The molecule has 0 spiro atoms. The number of nitrogens with zero attached hydrogens (tertiary/aromatic N) is 1. The van der Waals surface area contributed by atoms with Gasteiger partial charge < -0.3 is 20.6 Å². The molecule has 0 unspecified atom stereocenters. The van der Waals surface area contributed by atoms with E-state index in [1.54, 1.807) is 0 Å². The van der Waals surface area contributed by atoms with Crippen molar-refractivity contribution >= 4 is 17.7 Å². The Hall–Kier alpha value is -0.300. The van der Waals surface area contributed by atoms with E-state index in [2.05, 4.69) is 10.6 Å². The predicted molar refractivity (Wildman–Crippen MR) is 78.2 cm³/mol. The van der Waals surface area contributed by atoms with Gasteiger partial charge in [-0.1, -0.05) is 12.8 Å². The first-order valence-corrected chi connectivity index (χ1v) is 8.33. The Morgan fingerprint density at radius 2 is 2.11 bits per heavy atom. The Kier molecular flexibility index (Phi) is 5.94. The van der Waals surface area contributed by atoms with Crippen LogP contribution in [-0.2, 0) is 4.79 Å². The molecule has 3 N–H and O–H groups in total. The summed E-state index contributed by atoms with van der Waals surface area (Å²) in [5.74, 6) is 2.10. The minimum atomic E-state index is -0.0583. The molecule has 2 fully saturated rings. The summed E-state index contributed by atoms with van der Waals surface area (Å²) in [6, 6.07) is 0. The van der Waals surface area contributed by atoms with E-state index in [-0.39, 0.29) is 18.1 Å². The molecule has 0 aromatic rings. The van der Waals surface area contributed by atoms with Crippen LogP contribution in [0.15, 0.2) is 0 Å². The van der Waals surface area contributed by atoms with Crippen LogP contribution in [0, 0.1) is 0 Å². The number of amides is 1. The second-order valence-corrected chi connectivity index (χ2v) is 6.52. The van der Waals surface area contributed by atoms with Crippen LogP contribution in [0.5, 0.6) is 0 Å². The minimum absolute atomic E-state index is 0.0583. The molecule has 6 heteroatoms. The molecule has 1 aliphatic carbocycles. The van der Waals surface area contributed by atoms with Gasteiger partial charge in [-0.2, -0.15) is 0 Å². The fourth-order valence-electron chi connectivity index (χ4n) is 2.78. The number of aliphatic hydroxyl groups excluding tert-OH is 1. The number of hydrogen-bond donors (Lipinski definition) is 3. The van der Waals surface area contributed by atoms with Crippen molar-refractivity contribution in [1.82, 2.24) is 15.5 Å². The van der Waals surface area contributed by atoms with Gasteiger partial charge in [-0.15, -0.1) is 11.8 Å². The van der Waals surface area contributed by atoms with E-state index in [9.17, 15) is 9.90 Å². The third-order valence-electron chi connectivity index (χ3n) is 4.05. The normalized spacial score (nSPS) is 22.1. The molecule has 0 aromatic heterocycles. The second-order valence-electron chi connectivity index (χ2n) is 5.44. The molecule has 2 aliphatic rings. The van der Waals surface area contributed by atoms with Gasteiger partial charge in [0.25, 0.3) is 0 Å². The summed E-state index contributed by atoms with van der Waals surface area (Å²) in [6.45, 7) is 3.11. The zero-order chi connectivity index (χ0) is 13.6. The summed E-state index contributed by atoms with van der Waals surface area (Å²) in [6.07, 6.45) is 4.53. The molecule has 0 radical (unpaired) electrons. The molecule has 2 rings (SSSR count). The summed E-state index contributed by atoms with van der Waals surface area (Å²) >= 11 is 1.81. The average molecular weight is 287 g/mol. The number of carbonyl (C=O) groups excluding carboxylic acids is 1. The molecule has 1 saturated heterocycles. The number of hydrogen-bond acceptors (Lipinski definition) is 5. The molecular weight excluding hydrogens is 262 g/mol. The van der Waals surface area contributed by atoms with Gasteiger partial charge in [0.2, 0.25) is 5.91 Å². The number of thioether (sulfide) groups is 1. The smallest absolute Gasteiger partial charge is 0.237 e. The molecule has 5 nitrogen and oxygen atoms in total. The van der Waals surface area contributed by atoms with Crippen LogP contribution in [0.2, 0.25) is 0 Å². The van der Waals surface area contributed by atoms with E-state index in [0.29, 0.717) is 6.54 Å². The lowest BCUT2D eigenvalue weighted by Gasteiger charge is -2.28. The Morgan fingerprint density at radius 1 is 1.32 bits per heavy atom. The van der Waals surface area contributed by atoms with E-state index in [4.69, 9.17) is 0 Å². The molecule has 0 bridgehead atoms. The summed E-state index contributed by atoms with van der Waals surface area (Å²) in [4.78, 5) is 13.7. The predicted octanol–water partition coefficient (Wildman–Crippen LogP) is 0.00360. The summed E-state index contributed by atoms with van der Waals surface area (Å²) < 4.78 is 0. The minimum Gasteiger partial charge on any atom is -0.394 e. The Labute approximate surface area is 119 Å². The van der Waals surface area contributed by atoms with Crippen molar-refractivity contribution in [2.75, 3.05) is 44.4 Å². The number of aliphatic hydroxyl groups is 1. The van der Waals surface area contributed by atoms with Crippen molar-refractivity contribution in [3.05, 3.63) is 0 Å². The van der Waals surface area contributed by atoms with Gasteiger partial charge >= 0.3 is 0 Å². The number of nitrogens with one attached hydrogen (secondary N) is 2. The van der Waals surface area contributed by atoms with E-state index >= 15 is 0 Å². The van der Waals surface area contributed by atoms with Gasteiger partial charge in [0.15, 0.2) is 0 Å². The molecule has 19 heavy (non-hydrogen) atoms. The lowest BCUT2D eigenvalue weighted by molar-refractivity contribution is -0.128. The molecule has 1 saturated carbocycles. The third-order valence-corrected chi connectivity index (χ3v) is 5.01. The van der Waals surface area contributed by atoms with Crippen molar-refractivity contribution in [3.8, 4) is 0 Å². The molecule has 1 heterocycles. The summed E-state index contributed by atoms with van der Waals surface area (Å²) in [5, 5.41) is 16.1. The van der Waals surface area contributed by atoms with Crippen molar-refractivity contribution in [2.45, 2.75) is 31.2 Å².